The number of rotatable bonds is 9. The molecule has 0 aliphatic rings. The van der Waals surface area contributed by atoms with Gasteiger partial charge >= 0.3 is 5.69 Å². The van der Waals surface area contributed by atoms with Gasteiger partial charge in [0.1, 0.15) is 5.82 Å². The van der Waals surface area contributed by atoms with E-state index in [1.54, 1.807) is 0 Å². The number of carbonyl (C=O) groups is 1. The van der Waals surface area contributed by atoms with Gasteiger partial charge in [0, 0.05) is 25.9 Å². The van der Waals surface area contributed by atoms with Gasteiger partial charge < -0.3 is 20.7 Å². The van der Waals surface area contributed by atoms with E-state index >= 15 is 0 Å². The summed E-state index contributed by atoms with van der Waals surface area (Å²) in [4.78, 5) is 41.2. The molecule has 9 nitrogen and oxygen atoms in total. The number of nitrogens with two attached hydrogens (primary N) is 1. The Morgan fingerprint density at radius 2 is 2.00 bits per heavy atom. The van der Waals surface area contributed by atoms with Crippen molar-refractivity contribution in [3.05, 3.63) is 50.7 Å². The number of hydrogen-bond donors (Lipinski definition) is 3. The van der Waals surface area contributed by atoms with E-state index in [9.17, 15) is 14.4 Å². The molecule has 0 radical (unpaired) electrons. The van der Waals surface area contributed by atoms with Crippen LogP contribution >= 0.6 is 0 Å². The van der Waals surface area contributed by atoms with Crippen molar-refractivity contribution in [2.75, 3.05) is 42.8 Å². The maximum absolute atomic E-state index is 13.0. The molecule has 0 unspecified atom stereocenters. The molecule has 0 saturated heterocycles. The van der Waals surface area contributed by atoms with Crippen LogP contribution in [0.15, 0.2) is 33.9 Å². The minimum absolute atomic E-state index is 0.0344. The molecule has 9 heteroatoms. The van der Waals surface area contributed by atoms with Crippen molar-refractivity contribution < 1.29 is 9.53 Å². The Balaban J connectivity index is 2.38. The standard InChI is InChI=1S/C20H29N5O4/c1-13(2)12-25-18(21)17(19(27)23-20(25)28)24(9-10-29-4)16(26)11-22-15-8-6-5-7-14(15)3/h5-8,13,22H,9-12,21H2,1-4H3,(H,23,27,28). The Hall–Kier alpha value is -3.07. The van der Waals surface area contributed by atoms with Gasteiger partial charge in [0.2, 0.25) is 5.91 Å². The van der Waals surface area contributed by atoms with E-state index in [4.69, 9.17) is 10.5 Å². The highest BCUT2D eigenvalue weighted by Crippen LogP contribution is 2.19. The van der Waals surface area contributed by atoms with E-state index in [2.05, 4.69) is 10.3 Å². The minimum atomic E-state index is -0.701. The number of methoxy groups -OCH3 is 1. The second-order valence-electron chi connectivity index (χ2n) is 7.20. The van der Waals surface area contributed by atoms with Crippen LogP contribution in [0.4, 0.5) is 17.2 Å². The van der Waals surface area contributed by atoms with E-state index in [0.717, 1.165) is 11.3 Å². The van der Waals surface area contributed by atoms with Gasteiger partial charge in [-0.25, -0.2) is 4.79 Å². The van der Waals surface area contributed by atoms with Crippen LogP contribution in [0.2, 0.25) is 0 Å². The number of nitrogen functional groups attached to an aromatic ring is 1. The predicted molar refractivity (Wildman–Crippen MR) is 114 cm³/mol. The lowest BCUT2D eigenvalue weighted by Gasteiger charge is -2.25. The minimum Gasteiger partial charge on any atom is -0.383 e. The van der Waals surface area contributed by atoms with E-state index in [1.807, 2.05) is 45.0 Å². The summed E-state index contributed by atoms with van der Waals surface area (Å²) in [6, 6.07) is 7.57. The van der Waals surface area contributed by atoms with Crippen LogP contribution in [0, 0.1) is 12.8 Å². The zero-order valence-corrected chi connectivity index (χ0v) is 17.3. The number of anilines is 3. The number of H-pyrrole nitrogens is 1. The summed E-state index contributed by atoms with van der Waals surface area (Å²) in [5.74, 6) is -0.273. The Morgan fingerprint density at radius 3 is 2.62 bits per heavy atom. The summed E-state index contributed by atoms with van der Waals surface area (Å²) < 4.78 is 6.37. The second kappa shape index (κ2) is 9.92. The predicted octanol–water partition coefficient (Wildman–Crippen LogP) is 1.17. The van der Waals surface area contributed by atoms with Crippen LogP contribution in [0.25, 0.3) is 0 Å². The van der Waals surface area contributed by atoms with Crippen molar-refractivity contribution in [2.24, 2.45) is 5.92 Å². The first-order valence-electron chi connectivity index (χ1n) is 9.47. The average molecular weight is 403 g/mol. The monoisotopic (exact) mass is 403 g/mol. The van der Waals surface area contributed by atoms with E-state index in [1.165, 1.54) is 16.6 Å². The summed E-state index contributed by atoms with van der Waals surface area (Å²) in [5, 5.41) is 3.08. The lowest BCUT2D eigenvalue weighted by molar-refractivity contribution is -0.117. The molecule has 2 aromatic rings. The van der Waals surface area contributed by atoms with Crippen LogP contribution < -0.4 is 27.2 Å². The number of aromatic amines is 1. The number of carbonyl (C=O) groups excluding carboxylic acids is 1. The molecule has 0 atom stereocenters. The normalized spacial score (nSPS) is 10.9. The molecule has 158 valence electrons. The van der Waals surface area contributed by atoms with Crippen LogP contribution in [0.5, 0.6) is 0 Å². The Labute approximate surface area is 169 Å². The second-order valence-corrected chi connectivity index (χ2v) is 7.20. The Morgan fingerprint density at radius 1 is 1.31 bits per heavy atom. The van der Waals surface area contributed by atoms with Crippen molar-refractivity contribution in [1.82, 2.24) is 9.55 Å². The average Bonchev–Trinajstić information content (AvgIpc) is 2.66. The fourth-order valence-corrected chi connectivity index (χ4v) is 2.97. The third kappa shape index (κ3) is 5.47. The molecule has 2 rings (SSSR count). The number of aryl methyl sites for hydroxylation is 1. The van der Waals surface area contributed by atoms with Crippen LogP contribution in [0.3, 0.4) is 0 Å². The van der Waals surface area contributed by atoms with E-state index in [0.29, 0.717) is 6.54 Å². The first-order valence-corrected chi connectivity index (χ1v) is 9.47. The quantitative estimate of drug-likeness (QED) is 0.578. The summed E-state index contributed by atoms with van der Waals surface area (Å²) in [5.41, 5.74) is 6.63. The van der Waals surface area contributed by atoms with Gasteiger partial charge in [-0.1, -0.05) is 32.0 Å². The number of benzene rings is 1. The number of nitrogens with one attached hydrogen (secondary N) is 2. The molecule has 0 fully saturated rings. The molecular weight excluding hydrogens is 374 g/mol. The number of ether oxygens (including phenoxy) is 1. The molecule has 1 aromatic carbocycles. The third-order valence-electron chi connectivity index (χ3n) is 4.43. The lowest BCUT2D eigenvalue weighted by atomic mass is 10.2. The smallest absolute Gasteiger partial charge is 0.330 e. The van der Waals surface area contributed by atoms with Gasteiger partial charge in [0.25, 0.3) is 5.56 Å². The molecule has 0 aliphatic heterocycles. The molecule has 0 bridgehead atoms. The zero-order chi connectivity index (χ0) is 21.6. The molecule has 0 spiro atoms. The highest BCUT2D eigenvalue weighted by Gasteiger charge is 2.24. The highest BCUT2D eigenvalue weighted by molar-refractivity contribution is 5.98. The number of aromatic nitrogens is 2. The number of amides is 1. The van der Waals surface area contributed by atoms with Gasteiger partial charge in [0.05, 0.1) is 13.2 Å². The fraction of sp³-hybridized carbons (Fsp3) is 0.450. The number of para-hydroxylation sites is 1. The maximum Gasteiger partial charge on any atom is 0.330 e. The zero-order valence-electron chi connectivity index (χ0n) is 17.3. The summed E-state index contributed by atoms with van der Waals surface area (Å²) >= 11 is 0. The van der Waals surface area contributed by atoms with Crippen molar-refractivity contribution in [2.45, 2.75) is 27.3 Å². The van der Waals surface area contributed by atoms with Crippen molar-refractivity contribution in [3.63, 3.8) is 0 Å². The van der Waals surface area contributed by atoms with Gasteiger partial charge in [0.15, 0.2) is 5.69 Å². The summed E-state index contributed by atoms with van der Waals surface area (Å²) in [6.45, 7) is 6.39. The number of nitrogens with zero attached hydrogens (tertiary/aromatic N) is 2. The molecule has 0 saturated carbocycles. The largest absolute Gasteiger partial charge is 0.383 e. The van der Waals surface area contributed by atoms with Crippen molar-refractivity contribution >= 4 is 23.1 Å². The Kier molecular flexibility index (Phi) is 7.60. The summed E-state index contributed by atoms with van der Waals surface area (Å²) in [7, 11) is 1.50. The first-order chi connectivity index (χ1) is 13.8. The number of hydrogen-bond acceptors (Lipinski definition) is 6. The molecule has 1 amide bonds. The summed E-state index contributed by atoms with van der Waals surface area (Å²) in [6.07, 6.45) is 0. The molecule has 4 N–H and O–H groups in total. The topological polar surface area (TPSA) is 122 Å². The molecule has 0 aliphatic carbocycles. The first kappa shape index (κ1) is 22.2. The van der Waals surface area contributed by atoms with Gasteiger partial charge in [-0.15, -0.1) is 0 Å². The third-order valence-corrected chi connectivity index (χ3v) is 4.43. The van der Waals surface area contributed by atoms with Gasteiger partial charge in [-0.3, -0.25) is 19.1 Å². The molecular formula is C20H29N5O4. The van der Waals surface area contributed by atoms with E-state index < -0.39 is 11.2 Å². The van der Waals surface area contributed by atoms with Crippen LogP contribution in [-0.4, -0.2) is 42.3 Å². The molecule has 29 heavy (non-hydrogen) atoms. The highest BCUT2D eigenvalue weighted by atomic mass is 16.5. The SMILES string of the molecule is COCCN(C(=O)CNc1ccccc1C)c1c(N)n(CC(C)C)c(=O)[nH]c1=O. The Bertz CT molecular complexity index is 964. The molecule has 1 heterocycles. The fourth-order valence-electron chi connectivity index (χ4n) is 2.97. The molecule has 1 aromatic heterocycles. The van der Waals surface area contributed by atoms with Crippen molar-refractivity contribution in [3.8, 4) is 0 Å². The van der Waals surface area contributed by atoms with Gasteiger partial charge in [-0.05, 0) is 24.5 Å². The van der Waals surface area contributed by atoms with Crippen molar-refractivity contribution in [1.29, 1.82) is 0 Å². The lowest BCUT2D eigenvalue weighted by Crippen LogP contribution is -2.44. The maximum atomic E-state index is 13.0. The van der Waals surface area contributed by atoms with Crippen LogP contribution in [-0.2, 0) is 16.1 Å². The van der Waals surface area contributed by atoms with E-state index in [-0.39, 0.29) is 43.0 Å². The van der Waals surface area contributed by atoms with Crippen LogP contribution in [0.1, 0.15) is 19.4 Å². The van der Waals surface area contributed by atoms with Gasteiger partial charge in [-0.2, -0.15) is 0 Å².